The van der Waals surface area contributed by atoms with Crippen molar-refractivity contribution in [2.75, 3.05) is 0 Å². The molecule has 0 spiro atoms. The van der Waals surface area contributed by atoms with E-state index in [1.807, 2.05) is 0 Å². The molecule has 42 valence electrons. The van der Waals surface area contributed by atoms with Gasteiger partial charge in [0.15, 0.2) is 0 Å². The topological polar surface area (TPSA) is 48.8 Å². The van der Waals surface area contributed by atoms with Crippen molar-refractivity contribution in [2.45, 2.75) is 12.5 Å². The third kappa shape index (κ3) is 6.36. The van der Waals surface area contributed by atoms with E-state index in [1.165, 1.54) is 0 Å². The molecule has 0 aromatic heterocycles. The fourth-order valence-corrected chi connectivity index (χ4v) is 0.131. The van der Waals surface area contributed by atoms with Crippen LogP contribution in [-0.2, 0) is 0 Å². The maximum Gasteiger partial charge on any atom is 2.00 e. The van der Waals surface area contributed by atoms with Gasteiger partial charge >= 0.3 is 31.1 Å². The van der Waals surface area contributed by atoms with Crippen molar-refractivity contribution < 1.29 is 31.1 Å². The summed E-state index contributed by atoms with van der Waals surface area (Å²) in [6, 6.07) is -0.204. The van der Waals surface area contributed by atoms with Crippen molar-refractivity contribution in [3.05, 3.63) is 24.3 Å². The molecule has 0 rings (SSSR count). The monoisotopic (exact) mass is 335 g/mol. The minimum atomic E-state index is -0.204. The molecule has 0 amide bonds. The maximum atomic E-state index is 7.76. The Kier molecular flexibility index (Phi) is 10.3. The second-order valence-electron chi connectivity index (χ2n) is 1.15. The van der Waals surface area contributed by atoms with Gasteiger partial charge in [0.1, 0.15) is 0 Å². The van der Waals surface area contributed by atoms with Crippen LogP contribution >= 0.6 is 0 Å². The number of nitrogens with zero attached hydrogens (tertiary/aromatic N) is 3. The summed E-state index contributed by atoms with van der Waals surface area (Å²) in [6.07, 6.45) is 0.560. The fraction of sp³-hybridized carbons (Fsp3) is 0.500. The van der Waals surface area contributed by atoms with Gasteiger partial charge in [-0.2, -0.15) is 0 Å². The van der Waals surface area contributed by atoms with Crippen molar-refractivity contribution in [2.24, 2.45) is 5.11 Å². The van der Waals surface area contributed by atoms with Crippen LogP contribution in [0.3, 0.4) is 0 Å². The summed E-state index contributed by atoms with van der Waals surface area (Å²) >= 11 is 0. The van der Waals surface area contributed by atoms with E-state index < -0.39 is 0 Å². The van der Waals surface area contributed by atoms with Crippen LogP contribution in [0.5, 0.6) is 0 Å². The van der Waals surface area contributed by atoms with Crippen LogP contribution in [0.1, 0.15) is 6.42 Å². The third-order valence-electron chi connectivity index (χ3n) is 0.548. The number of azide groups is 1. The average molecular weight is 335 g/mol. The minimum Gasteiger partial charge on any atom is -0.345 e. The molecule has 0 aliphatic heterocycles. The van der Waals surface area contributed by atoms with Gasteiger partial charge in [-0.15, -0.1) is 11.2 Å². The Labute approximate surface area is 72.8 Å². The van der Waals surface area contributed by atoms with Crippen LogP contribution in [0.25, 0.3) is 10.4 Å². The summed E-state index contributed by atoms with van der Waals surface area (Å²) in [4.78, 5) is 2.53. The molecule has 0 N–H and O–H groups in total. The second-order valence-corrected chi connectivity index (χ2v) is 1.15. The average Bonchev–Trinajstić information content (AvgIpc) is 1.68. The van der Waals surface area contributed by atoms with E-state index in [0.29, 0.717) is 6.42 Å². The Morgan fingerprint density at radius 2 is 2.25 bits per heavy atom. The van der Waals surface area contributed by atoms with Crippen LogP contribution in [0.2, 0.25) is 0 Å². The first-order chi connectivity index (χ1) is 3.31. The van der Waals surface area contributed by atoms with Gasteiger partial charge in [-0.25, -0.2) is 6.42 Å². The molecular weight excluding hydrogens is 328 g/mol. The van der Waals surface area contributed by atoms with Gasteiger partial charge < -0.3 is 13.8 Å². The van der Waals surface area contributed by atoms with E-state index >= 15 is 0 Å². The first-order valence-electron chi connectivity index (χ1n) is 1.97. The van der Waals surface area contributed by atoms with Gasteiger partial charge in [-0.05, 0) is 10.4 Å². The van der Waals surface area contributed by atoms with Crippen LogP contribution in [0.4, 0.5) is 0 Å². The Morgan fingerprint density at radius 3 is 2.38 bits per heavy atom. The van der Waals surface area contributed by atoms with E-state index in [2.05, 4.69) is 23.9 Å². The predicted octanol–water partition coefficient (Wildman–Crippen LogP) is 1.72. The molecule has 0 aliphatic carbocycles. The largest absolute Gasteiger partial charge is 2.00 e. The molecule has 0 fully saturated rings. The normalized spacial score (nSPS) is 10.8. The number of hydrogen-bond donors (Lipinski definition) is 0. The fourth-order valence-electron chi connectivity index (χ4n) is 0.131. The number of hydrogen-bond acceptors (Lipinski definition) is 1. The minimum absolute atomic E-state index is 0. The van der Waals surface area contributed by atoms with E-state index in [0.717, 1.165) is 0 Å². The molecule has 0 aliphatic rings. The number of rotatable bonds is 2. The van der Waals surface area contributed by atoms with Gasteiger partial charge in [0.2, 0.25) is 0 Å². The van der Waals surface area contributed by atoms with Gasteiger partial charge in [0, 0.05) is 0 Å². The Hall–Kier alpha value is 0.362. The maximum absolute atomic E-state index is 7.76. The summed E-state index contributed by atoms with van der Waals surface area (Å²) in [5, 5.41) is 3.25. The van der Waals surface area contributed by atoms with Crippen molar-refractivity contribution >= 4 is 0 Å². The zero-order valence-corrected chi connectivity index (χ0v) is 8.70. The molecule has 0 aromatic carbocycles. The predicted molar refractivity (Wildman–Crippen MR) is 28.3 cm³/mol. The van der Waals surface area contributed by atoms with Gasteiger partial charge in [-0.3, -0.25) is 0 Å². The van der Waals surface area contributed by atoms with Crippen LogP contribution in [-0.4, -0.2) is 6.04 Å². The molecule has 0 radical (unpaired) electrons. The molecule has 0 bridgehead atoms. The summed E-state index contributed by atoms with van der Waals surface area (Å²) in [5.74, 6) is 0. The molecule has 1 unspecified atom stereocenters. The van der Waals surface area contributed by atoms with Crippen LogP contribution < -0.4 is 0 Å². The Balaban J connectivity index is 0. The van der Waals surface area contributed by atoms with Crippen molar-refractivity contribution in [1.82, 2.24) is 0 Å². The molecule has 0 saturated carbocycles. The third-order valence-corrected chi connectivity index (χ3v) is 0.548. The first kappa shape index (κ1) is 11.2. The molecule has 3 nitrogen and oxygen atoms in total. The first-order valence-corrected chi connectivity index (χ1v) is 1.97. The zero-order valence-electron chi connectivity index (χ0n) is 4.54. The zero-order chi connectivity index (χ0) is 5.70. The van der Waals surface area contributed by atoms with Crippen LogP contribution in [0, 0.1) is 45.0 Å². The molecule has 0 heterocycles. The smallest absolute Gasteiger partial charge is 0.345 e. The molecule has 0 aromatic rings. The van der Waals surface area contributed by atoms with Crippen LogP contribution in [0.15, 0.2) is 5.11 Å². The molecule has 8 heavy (non-hydrogen) atoms. The summed E-state index contributed by atoms with van der Waals surface area (Å²) in [5.41, 5.74) is 7.76. The van der Waals surface area contributed by atoms with Crippen molar-refractivity contribution in [3.63, 3.8) is 0 Å². The van der Waals surface area contributed by atoms with E-state index in [4.69, 9.17) is 5.53 Å². The molecule has 1 atom stereocenters. The molecular formula is C4H7N3U. The summed E-state index contributed by atoms with van der Waals surface area (Å²) < 4.78 is 0. The Bertz CT molecular complexity index is 87.3. The van der Waals surface area contributed by atoms with Crippen molar-refractivity contribution in [3.8, 4) is 0 Å². The SMILES string of the molecule is [CH2-]CC([CH2-])N=[N+]=[N-].[U+2]. The second kappa shape index (κ2) is 7.36. The standard InChI is InChI=1S/C4H7N3.U/c1-3-4(2)6-7-5;/h4H,1-3H2;/q-2;+2. The molecule has 0 saturated heterocycles. The van der Waals surface area contributed by atoms with Gasteiger partial charge in [-0.1, -0.05) is 0 Å². The van der Waals surface area contributed by atoms with E-state index in [9.17, 15) is 0 Å². The van der Waals surface area contributed by atoms with Gasteiger partial charge in [0.05, 0.1) is 0 Å². The van der Waals surface area contributed by atoms with E-state index in [1.54, 1.807) is 0 Å². The summed E-state index contributed by atoms with van der Waals surface area (Å²) in [6.45, 7) is 6.94. The summed E-state index contributed by atoms with van der Waals surface area (Å²) in [7, 11) is 0. The van der Waals surface area contributed by atoms with E-state index in [-0.39, 0.29) is 37.2 Å². The molecule has 4 heteroatoms. The Morgan fingerprint density at radius 1 is 1.75 bits per heavy atom. The quantitative estimate of drug-likeness (QED) is 0.319. The van der Waals surface area contributed by atoms with Gasteiger partial charge in [0.25, 0.3) is 0 Å². The van der Waals surface area contributed by atoms with Crippen molar-refractivity contribution in [1.29, 1.82) is 0 Å².